The summed E-state index contributed by atoms with van der Waals surface area (Å²) in [6, 6.07) is 2.97. The molecule has 2 fully saturated rings. The van der Waals surface area contributed by atoms with Gasteiger partial charge >= 0.3 is 0 Å². The zero-order valence-corrected chi connectivity index (χ0v) is 10.7. The van der Waals surface area contributed by atoms with Crippen molar-refractivity contribution in [1.29, 1.82) is 0 Å². The molecule has 0 spiro atoms. The van der Waals surface area contributed by atoms with Crippen LogP contribution in [0.2, 0.25) is 0 Å². The van der Waals surface area contributed by atoms with E-state index in [0.717, 1.165) is 25.0 Å². The van der Waals surface area contributed by atoms with Crippen LogP contribution in [-0.4, -0.2) is 22.8 Å². The minimum Gasteiger partial charge on any atom is -0.369 e. The van der Waals surface area contributed by atoms with Crippen LogP contribution in [0.3, 0.4) is 0 Å². The maximum Gasteiger partial charge on any atom is 0.224 e. The van der Waals surface area contributed by atoms with Crippen LogP contribution in [-0.2, 0) is 9.59 Å². The van der Waals surface area contributed by atoms with Crippen molar-refractivity contribution in [2.75, 3.05) is 0 Å². The highest BCUT2D eigenvalue weighted by atomic mass is 19.2. The molecular formula is C14H14F2N2O2. The van der Waals surface area contributed by atoms with Crippen LogP contribution in [0.15, 0.2) is 18.2 Å². The van der Waals surface area contributed by atoms with Gasteiger partial charge in [-0.25, -0.2) is 8.78 Å². The van der Waals surface area contributed by atoms with Crippen LogP contribution in [0.4, 0.5) is 8.78 Å². The Morgan fingerprint density at radius 2 is 1.95 bits per heavy atom. The number of primary amides is 1. The molecule has 1 saturated carbocycles. The van der Waals surface area contributed by atoms with E-state index >= 15 is 0 Å². The first-order valence-corrected chi connectivity index (χ1v) is 6.54. The number of hydrogen-bond acceptors (Lipinski definition) is 2. The van der Waals surface area contributed by atoms with Crippen LogP contribution in [0.5, 0.6) is 0 Å². The molecule has 2 aliphatic rings. The third-order valence-corrected chi connectivity index (χ3v) is 3.95. The van der Waals surface area contributed by atoms with E-state index in [4.69, 9.17) is 5.73 Å². The number of carbonyl (C=O) groups excluding carboxylic acids is 2. The molecule has 1 aliphatic carbocycles. The summed E-state index contributed by atoms with van der Waals surface area (Å²) >= 11 is 0. The molecule has 4 nitrogen and oxygen atoms in total. The summed E-state index contributed by atoms with van der Waals surface area (Å²) in [6.07, 6.45) is 1.78. The van der Waals surface area contributed by atoms with Crippen LogP contribution in [0.25, 0.3) is 0 Å². The number of nitrogens with two attached hydrogens (primary N) is 1. The van der Waals surface area contributed by atoms with E-state index in [1.165, 1.54) is 6.07 Å². The van der Waals surface area contributed by atoms with Gasteiger partial charge in [-0.2, -0.15) is 0 Å². The Morgan fingerprint density at radius 3 is 2.50 bits per heavy atom. The number of halogens is 2. The molecule has 1 saturated heterocycles. The maximum absolute atomic E-state index is 13.4. The van der Waals surface area contributed by atoms with E-state index in [0.29, 0.717) is 5.56 Å². The van der Waals surface area contributed by atoms with Crippen molar-refractivity contribution in [3.8, 4) is 0 Å². The summed E-state index contributed by atoms with van der Waals surface area (Å²) < 4.78 is 26.4. The van der Waals surface area contributed by atoms with Crippen LogP contribution in [0, 0.1) is 17.6 Å². The Labute approximate surface area is 114 Å². The van der Waals surface area contributed by atoms with Gasteiger partial charge in [0, 0.05) is 12.5 Å². The second kappa shape index (κ2) is 4.54. The summed E-state index contributed by atoms with van der Waals surface area (Å²) in [4.78, 5) is 25.2. The Kier molecular flexibility index (Phi) is 2.96. The maximum atomic E-state index is 13.4. The van der Waals surface area contributed by atoms with Crippen molar-refractivity contribution in [1.82, 2.24) is 4.90 Å². The molecule has 2 amide bonds. The van der Waals surface area contributed by atoms with Crippen molar-refractivity contribution in [3.63, 3.8) is 0 Å². The molecule has 1 aromatic rings. The number of carbonyl (C=O) groups is 2. The molecule has 3 rings (SSSR count). The summed E-state index contributed by atoms with van der Waals surface area (Å²) in [6.45, 7) is 0. The van der Waals surface area contributed by atoms with Crippen LogP contribution in [0.1, 0.15) is 30.9 Å². The van der Waals surface area contributed by atoms with Gasteiger partial charge in [-0.15, -0.1) is 0 Å². The van der Waals surface area contributed by atoms with E-state index in [9.17, 15) is 18.4 Å². The highest BCUT2D eigenvalue weighted by Crippen LogP contribution is 2.44. The lowest BCUT2D eigenvalue weighted by atomic mass is 9.93. The SMILES string of the molecule is NC(=O)[C@H]1CC(=O)N(C2CC2)[C@@H]1c1ccc(F)c(F)c1. The monoisotopic (exact) mass is 280 g/mol. The molecule has 2 atom stereocenters. The first-order chi connectivity index (χ1) is 9.49. The Hall–Kier alpha value is -1.98. The summed E-state index contributed by atoms with van der Waals surface area (Å²) in [5.41, 5.74) is 5.77. The molecule has 0 radical (unpaired) electrons. The molecular weight excluding hydrogens is 266 g/mol. The predicted molar refractivity (Wildman–Crippen MR) is 66.3 cm³/mol. The van der Waals surface area contributed by atoms with Gasteiger partial charge in [-0.1, -0.05) is 6.07 Å². The number of rotatable bonds is 3. The molecule has 0 bridgehead atoms. The van der Waals surface area contributed by atoms with Gasteiger partial charge < -0.3 is 10.6 Å². The fourth-order valence-corrected chi connectivity index (χ4v) is 2.88. The van der Waals surface area contributed by atoms with Gasteiger partial charge in [0.25, 0.3) is 0 Å². The molecule has 0 aromatic heterocycles. The minimum absolute atomic E-state index is 0.0372. The van der Waals surface area contributed by atoms with Gasteiger partial charge in [-0.05, 0) is 30.5 Å². The average molecular weight is 280 g/mol. The molecule has 20 heavy (non-hydrogen) atoms. The molecule has 0 unspecified atom stereocenters. The van der Waals surface area contributed by atoms with Crippen molar-refractivity contribution in [2.24, 2.45) is 11.7 Å². The highest BCUT2D eigenvalue weighted by molar-refractivity contribution is 5.90. The number of benzene rings is 1. The van der Waals surface area contributed by atoms with Crippen LogP contribution < -0.4 is 5.73 Å². The highest BCUT2D eigenvalue weighted by Gasteiger charge is 2.49. The van der Waals surface area contributed by atoms with Crippen molar-refractivity contribution in [3.05, 3.63) is 35.4 Å². The molecule has 106 valence electrons. The van der Waals surface area contributed by atoms with E-state index in [1.54, 1.807) is 4.90 Å². The average Bonchev–Trinajstić information content (AvgIpc) is 3.16. The van der Waals surface area contributed by atoms with E-state index in [1.807, 2.05) is 0 Å². The standard InChI is InChI=1S/C14H14F2N2O2/c15-10-4-1-7(5-11(10)16)13-9(14(17)20)6-12(19)18(13)8-2-3-8/h1,4-5,8-9,13H,2-3,6H2,(H2,17,20)/t9-,13+/m0/s1. The Morgan fingerprint density at radius 1 is 1.25 bits per heavy atom. The first kappa shape index (κ1) is 13.0. The van der Waals surface area contributed by atoms with Gasteiger partial charge in [0.2, 0.25) is 11.8 Å². The van der Waals surface area contributed by atoms with Gasteiger partial charge in [0.1, 0.15) is 0 Å². The van der Waals surface area contributed by atoms with Gasteiger partial charge in [0.05, 0.1) is 12.0 Å². The first-order valence-electron chi connectivity index (χ1n) is 6.54. The fourth-order valence-electron chi connectivity index (χ4n) is 2.88. The predicted octanol–water partition coefficient (Wildman–Crippen LogP) is 1.50. The zero-order valence-electron chi connectivity index (χ0n) is 10.7. The zero-order chi connectivity index (χ0) is 14.4. The van der Waals surface area contributed by atoms with Crippen molar-refractivity contribution >= 4 is 11.8 Å². The molecule has 1 heterocycles. The lowest BCUT2D eigenvalue weighted by molar-refractivity contribution is -0.129. The summed E-state index contributed by atoms with van der Waals surface area (Å²) in [5.74, 6) is -3.36. The normalized spacial score (nSPS) is 26.1. The second-order valence-electron chi connectivity index (χ2n) is 5.36. The third kappa shape index (κ3) is 2.05. The summed E-state index contributed by atoms with van der Waals surface area (Å²) in [7, 11) is 0. The quantitative estimate of drug-likeness (QED) is 0.912. The number of amides is 2. The fraction of sp³-hybridized carbons (Fsp3) is 0.429. The lowest BCUT2D eigenvalue weighted by Crippen LogP contribution is -2.34. The molecule has 2 N–H and O–H groups in total. The number of hydrogen-bond donors (Lipinski definition) is 1. The minimum atomic E-state index is -0.985. The third-order valence-electron chi connectivity index (χ3n) is 3.95. The van der Waals surface area contributed by atoms with Gasteiger partial charge in [0.15, 0.2) is 11.6 Å². The van der Waals surface area contributed by atoms with Crippen molar-refractivity contribution < 1.29 is 18.4 Å². The van der Waals surface area contributed by atoms with E-state index in [-0.39, 0.29) is 18.4 Å². The van der Waals surface area contributed by atoms with Crippen molar-refractivity contribution in [2.45, 2.75) is 31.3 Å². The number of likely N-dealkylation sites (tertiary alicyclic amines) is 1. The molecule has 1 aromatic carbocycles. The smallest absolute Gasteiger partial charge is 0.224 e. The largest absolute Gasteiger partial charge is 0.369 e. The lowest BCUT2D eigenvalue weighted by Gasteiger charge is -2.27. The van der Waals surface area contributed by atoms with E-state index in [2.05, 4.69) is 0 Å². The Bertz CT molecular complexity index is 587. The summed E-state index contributed by atoms with van der Waals surface area (Å²) in [5, 5.41) is 0. The molecule has 1 aliphatic heterocycles. The molecule has 6 heteroatoms. The van der Waals surface area contributed by atoms with Gasteiger partial charge in [-0.3, -0.25) is 9.59 Å². The number of nitrogens with zero attached hydrogens (tertiary/aromatic N) is 1. The Balaban J connectivity index is 2.02. The second-order valence-corrected chi connectivity index (χ2v) is 5.36. The van der Waals surface area contributed by atoms with Crippen LogP contribution >= 0.6 is 0 Å². The topological polar surface area (TPSA) is 63.4 Å². The van der Waals surface area contributed by atoms with E-state index < -0.39 is 29.5 Å².